The lowest BCUT2D eigenvalue weighted by Crippen LogP contribution is -2.59. The Morgan fingerprint density at radius 3 is 2.56 bits per heavy atom. The van der Waals surface area contributed by atoms with E-state index in [1.165, 1.54) is 9.80 Å². The molecule has 1 rings (SSSR count). The van der Waals surface area contributed by atoms with Gasteiger partial charge >= 0.3 is 12.0 Å². The Kier molecular flexibility index (Phi) is 4.56. The van der Waals surface area contributed by atoms with E-state index in [1.54, 1.807) is 7.05 Å². The molecular formula is C12H22N2O4. The lowest BCUT2D eigenvalue weighted by molar-refractivity contribution is -0.148. The minimum atomic E-state index is -0.967. The molecule has 0 aliphatic carbocycles. The van der Waals surface area contributed by atoms with Gasteiger partial charge in [0.1, 0.15) is 6.04 Å². The first kappa shape index (κ1) is 14.8. The number of carboxylic acids is 1. The number of hydrogen-bond acceptors (Lipinski definition) is 3. The molecule has 104 valence electrons. The van der Waals surface area contributed by atoms with Gasteiger partial charge in [-0.1, -0.05) is 13.8 Å². The maximum absolute atomic E-state index is 12.2. The number of piperidine rings is 1. The van der Waals surface area contributed by atoms with E-state index in [0.29, 0.717) is 6.54 Å². The molecule has 1 heterocycles. The maximum atomic E-state index is 12.2. The normalized spacial score (nSPS) is 22.7. The van der Waals surface area contributed by atoms with Gasteiger partial charge in [0, 0.05) is 20.1 Å². The third kappa shape index (κ3) is 2.93. The number of amides is 2. The number of aliphatic hydroxyl groups is 1. The van der Waals surface area contributed by atoms with Crippen LogP contribution in [0.15, 0.2) is 0 Å². The monoisotopic (exact) mass is 258 g/mol. The molecule has 0 aromatic carbocycles. The van der Waals surface area contributed by atoms with Gasteiger partial charge < -0.3 is 20.0 Å². The average Bonchev–Trinajstić information content (AvgIpc) is 2.26. The molecule has 1 aliphatic rings. The van der Waals surface area contributed by atoms with Crippen molar-refractivity contribution in [2.24, 2.45) is 5.41 Å². The van der Waals surface area contributed by atoms with Crippen molar-refractivity contribution in [2.45, 2.75) is 32.7 Å². The Balaban J connectivity index is 2.91. The number of carbonyl (C=O) groups is 2. The number of carbonyl (C=O) groups excluding carboxylic acids is 1. The van der Waals surface area contributed by atoms with E-state index in [2.05, 4.69) is 0 Å². The van der Waals surface area contributed by atoms with Crippen LogP contribution in [0, 0.1) is 5.41 Å². The number of likely N-dealkylation sites (tertiary alicyclic amines) is 1. The fourth-order valence-electron chi connectivity index (χ4n) is 2.53. The second-order valence-electron chi connectivity index (χ2n) is 5.45. The molecule has 1 fully saturated rings. The van der Waals surface area contributed by atoms with Gasteiger partial charge in [0.15, 0.2) is 0 Å². The van der Waals surface area contributed by atoms with Crippen molar-refractivity contribution in [3.05, 3.63) is 0 Å². The molecule has 2 amide bonds. The van der Waals surface area contributed by atoms with Gasteiger partial charge in [0.2, 0.25) is 0 Å². The molecule has 0 aromatic rings. The summed E-state index contributed by atoms with van der Waals surface area (Å²) in [6, 6.07) is -1.14. The van der Waals surface area contributed by atoms with Gasteiger partial charge in [0.05, 0.1) is 6.61 Å². The Morgan fingerprint density at radius 2 is 2.06 bits per heavy atom. The van der Waals surface area contributed by atoms with Crippen molar-refractivity contribution < 1.29 is 19.8 Å². The molecule has 2 N–H and O–H groups in total. The summed E-state index contributed by atoms with van der Waals surface area (Å²) in [6.07, 6.45) is 1.59. The summed E-state index contributed by atoms with van der Waals surface area (Å²) in [5, 5.41) is 18.2. The van der Waals surface area contributed by atoms with E-state index >= 15 is 0 Å². The van der Waals surface area contributed by atoms with Gasteiger partial charge in [-0.15, -0.1) is 0 Å². The number of hydrogen-bond donors (Lipinski definition) is 2. The molecule has 0 bridgehead atoms. The van der Waals surface area contributed by atoms with Crippen molar-refractivity contribution in [3.8, 4) is 0 Å². The molecule has 0 saturated carbocycles. The molecule has 6 nitrogen and oxygen atoms in total. The molecule has 18 heavy (non-hydrogen) atoms. The predicted octanol–water partition coefficient (Wildman–Crippen LogP) is 0.606. The van der Waals surface area contributed by atoms with Crippen LogP contribution in [0.2, 0.25) is 0 Å². The summed E-state index contributed by atoms with van der Waals surface area (Å²) < 4.78 is 0. The van der Waals surface area contributed by atoms with Gasteiger partial charge in [0.25, 0.3) is 0 Å². The highest BCUT2D eigenvalue weighted by molar-refractivity contribution is 5.83. The SMILES string of the molecule is CN(CCO)C(=O)N1CCCC(C)(C)C1C(=O)O. The number of aliphatic hydroxyl groups excluding tert-OH is 1. The summed E-state index contributed by atoms with van der Waals surface area (Å²) in [7, 11) is 1.57. The number of likely N-dealkylation sites (N-methyl/N-ethyl adjacent to an activating group) is 1. The fraction of sp³-hybridized carbons (Fsp3) is 0.833. The summed E-state index contributed by atoms with van der Waals surface area (Å²) in [5.74, 6) is -0.967. The van der Waals surface area contributed by atoms with Crippen LogP contribution in [-0.2, 0) is 4.79 Å². The molecule has 1 atom stereocenters. The smallest absolute Gasteiger partial charge is 0.327 e. The molecule has 1 aliphatic heterocycles. The van der Waals surface area contributed by atoms with E-state index in [9.17, 15) is 14.7 Å². The Bertz CT molecular complexity index is 330. The fourth-order valence-corrected chi connectivity index (χ4v) is 2.53. The Morgan fingerprint density at radius 1 is 1.44 bits per heavy atom. The van der Waals surface area contributed by atoms with Crippen LogP contribution >= 0.6 is 0 Å². The van der Waals surface area contributed by atoms with Crippen LogP contribution in [0.4, 0.5) is 4.79 Å². The van der Waals surface area contributed by atoms with Crippen molar-refractivity contribution in [3.63, 3.8) is 0 Å². The van der Waals surface area contributed by atoms with Gasteiger partial charge in [-0.25, -0.2) is 9.59 Å². The summed E-state index contributed by atoms with van der Waals surface area (Å²) in [4.78, 5) is 26.3. The van der Waals surface area contributed by atoms with Gasteiger partial charge in [-0.3, -0.25) is 0 Å². The van der Waals surface area contributed by atoms with Crippen LogP contribution in [0.3, 0.4) is 0 Å². The lowest BCUT2D eigenvalue weighted by Gasteiger charge is -2.44. The van der Waals surface area contributed by atoms with Crippen LogP contribution < -0.4 is 0 Å². The maximum Gasteiger partial charge on any atom is 0.327 e. The van der Waals surface area contributed by atoms with Crippen LogP contribution in [0.5, 0.6) is 0 Å². The number of rotatable bonds is 3. The number of urea groups is 1. The van der Waals surface area contributed by atoms with Crippen LogP contribution in [0.1, 0.15) is 26.7 Å². The van der Waals surface area contributed by atoms with E-state index in [4.69, 9.17) is 5.11 Å². The molecule has 1 unspecified atom stereocenters. The minimum absolute atomic E-state index is 0.128. The first-order valence-electron chi connectivity index (χ1n) is 6.16. The second-order valence-corrected chi connectivity index (χ2v) is 5.45. The highest BCUT2D eigenvalue weighted by Gasteiger charge is 2.45. The molecule has 6 heteroatoms. The van der Waals surface area contributed by atoms with Crippen molar-refractivity contribution in [1.29, 1.82) is 0 Å². The largest absolute Gasteiger partial charge is 0.480 e. The quantitative estimate of drug-likeness (QED) is 0.777. The molecular weight excluding hydrogens is 236 g/mol. The highest BCUT2D eigenvalue weighted by Crippen LogP contribution is 2.35. The van der Waals surface area contributed by atoms with Crippen LogP contribution in [-0.4, -0.2) is 64.8 Å². The second kappa shape index (κ2) is 5.56. The Hall–Kier alpha value is -1.30. The number of carboxylic acid groups (broad SMARTS) is 1. The van der Waals surface area contributed by atoms with Crippen LogP contribution in [0.25, 0.3) is 0 Å². The molecule has 0 spiro atoms. The van der Waals surface area contributed by atoms with Crippen molar-refractivity contribution >= 4 is 12.0 Å². The van der Waals surface area contributed by atoms with Gasteiger partial charge in [-0.2, -0.15) is 0 Å². The topological polar surface area (TPSA) is 81.1 Å². The molecule has 0 aromatic heterocycles. The lowest BCUT2D eigenvalue weighted by atomic mass is 9.76. The molecule has 1 saturated heterocycles. The van der Waals surface area contributed by atoms with E-state index in [-0.39, 0.29) is 19.2 Å². The first-order valence-corrected chi connectivity index (χ1v) is 6.16. The van der Waals surface area contributed by atoms with E-state index in [1.807, 2.05) is 13.8 Å². The molecule has 0 radical (unpaired) electrons. The highest BCUT2D eigenvalue weighted by atomic mass is 16.4. The zero-order valence-corrected chi connectivity index (χ0v) is 11.2. The Labute approximate surface area is 107 Å². The van der Waals surface area contributed by atoms with Crippen molar-refractivity contribution in [2.75, 3.05) is 26.7 Å². The van der Waals surface area contributed by atoms with Crippen molar-refractivity contribution in [1.82, 2.24) is 9.80 Å². The zero-order chi connectivity index (χ0) is 13.9. The number of aliphatic carboxylic acids is 1. The zero-order valence-electron chi connectivity index (χ0n) is 11.2. The average molecular weight is 258 g/mol. The summed E-state index contributed by atoms with van der Waals surface area (Å²) >= 11 is 0. The third-order valence-corrected chi connectivity index (χ3v) is 3.51. The first-order chi connectivity index (χ1) is 8.31. The third-order valence-electron chi connectivity index (χ3n) is 3.51. The van der Waals surface area contributed by atoms with Gasteiger partial charge in [-0.05, 0) is 18.3 Å². The predicted molar refractivity (Wildman–Crippen MR) is 66.3 cm³/mol. The van der Waals surface area contributed by atoms with E-state index < -0.39 is 17.4 Å². The standard InChI is InChI=1S/C12H22N2O4/c1-12(2)5-4-6-14(9(12)10(16)17)11(18)13(3)7-8-15/h9,15H,4-8H2,1-3H3,(H,16,17). The number of nitrogens with zero attached hydrogens (tertiary/aromatic N) is 2. The minimum Gasteiger partial charge on any atom is -0.480 e. The summed E-state index contributed by atoms with van der Waals surface area (Å²) in [6.45, 7) is 4.28. The summed E-state index contributed by atoms with van der Waals surface area (Å²) in [5.41, 5.74) is -0.431. The van der Waals surface area contributed by atoms with E-state index in [0.717, 1.165) is 12.8 Å².